The predicted octanol–water partition coefficient (Wildman–Crippen LogP) is 4.09. The Morgan fingerprint density at radius 2 is 1.71 bits per heavy atom. The molecule has 0 radical (unpaired) electrons. The van der Waals surface area contributed by atoms with Crippen molar-refractivity contribution >= 4 is 23.3 Å². The Hall–Kier alpha value is -2.93. The Morgan fingerprint density at radius 3 is 2.42 bits per heavy atom. The maximum absolute atomic E-state index is 13.2. The number of carbonyl (C=O) groups excluding carboxylic acids is 1. The van der Waals surface area contributed by atoms with Crippen LogP contribution in [0.3, 0.4) is 0 Å². The van der Waals surface area contributed by atoms with Gasteiger partial charge in [-0.25, -0.2) is 9.18 Å². The van der Waals surface area contributed by atoms with Crippen molar-refractivity contribution in [2.24, 2.45) is 5.92 Å². The maximum Gasteiger partial charge on any atom is 0.335 e. The summed E-state index contributed by atoms with van der Waals surface area (Å²) in [7, 11) is 0. The molecule has 164 valence electrons. The standard InChI is InChI=1S/C24H28FN3O3/c25-20-8-5-18(6-9-20)23(29)26-21-14-19(24(30)31)7-10-22(21)28-13-3-4-17(16-28)15-27-11-1-2-12-27/h5-10,14,17H,1-4,11-13,15-16H2,(H,26,29)(H,30,31)/t17-/m1/s1. The highest BCUT2D eigenvalue weighted by Crippen LogP contribution is 2.32. The third-order valence-corrected chi connectivity index (χ3v) is 6.17. The third kappa shape index (κ3) is 5.22. The van der Waals surface area contributed by atoms with Crippen LogP contribution in [-0.2, 0) is 0 Å². The second kappa shape index (κ2) is 9.47. The number of carbonyl (C=O) groups is 2. The molecule has 0 unspecified atom stereocenters. The van der Waals surface area contributed by atoms with Crippen molar-refractivity contribution in [2.75, 3.05) is 42.9 Å². The molecule has 2 heterocycles. The van der Waals surface area contributed by atoms with Gasteiger partial charge in [-0.15, -0.1) is 0 Å². The highest BCUT2D eigenvalue weighted by atomic mass is 19.1. The van der Waals surface area contributed by atoms with Crippen LogP contribution < -0.4 is 10.2 Å². The zero-order valence-corrected chi connectivity index (χ0v) is 17.5. The van der Waals surface area contributed by atoms with Gasteiger partial charge in [0.15, 0.2) is 0 Å². The van der Waals surface area contributed by atoms with E-state index in [-0.39, 0.29) is 5.56 Å². The van der Waals surface area contributed by atoms with Crippen molar-refractivity contribution in [3.8, 4) is 0 Å². The number of piperidine rings is 1. The summed E-state index contributed by atoms with van der Waals surface area (Å²) in [6.07, 6.45) is 4.78. The van der Waals surface area contributed by atoms with Crippen molar-refractivity contribution in [3.05, 3.63) is 59.4 Å². The minimum Gasteiger partial charge on any atom is -0.478 e. The van der Waals surface area contributed by atoms with E-state index in [0.29, 0.717) is 17.2 Å². The molecule has 7 heteroatoms. The number of nitrogens with zero attached hydrogens (tertiary/aromatic N) is 2. The lowest BCUT2D eigenvalue weighted by atomic mass is 9.96. The van der Waals surface area contributed by atoms with E-state index in [1.807, 2.05) is 0 Å². The first kappa shape index (κ1) is 21.3. The smallest absolute Gasteiger partial charge is 0.335 e. The first-order chi connectivity index (χ1) is 15.0. The summed E-state index contributed by atoms with van der Waals surface area (Å²) in [4.78, 5) is 29.0. The van der Waals surface area contributed by atoms with E-state index in [0.717, 1.165) is 31.7 Å². The number of likely N-dealkylation sites (tertiary alicyclic amines) is 1. The maximum atomic E-state index is 13.2. The van der Waals surface area contributed by atoms with Crippen LogP contribution in [0.5, 0.6) is 0 Å². The Balaban J connectivity index is 1.55. The molecule has 0 saturated carbocycles. The van der Waals surface area contributed by atoms with Crippen LogP contribution in [0.2, 0.25) is 0 Å². The van der Waals surface area contributed by atoms with Gasteiger partial charge in [-0.2, -0.15) is 0 Å². The lowest BCUT2D eigenvalue weighted by molar-refractivity contribution is 0.0696. The van der Waals surface area contributed by atoms with E-state index in [9.17, 15) is 19.1 Å². The second-order valence-electron chi connectivity index (χ2n) is 8.46. The zero-order valence-electron chi connectivity index (χ0n) is 17.5. The highest BCUT2D eigenvalue weighted by Gasteiger charge is 2.25. The van der Waals surface area contributed by atoms with Crippen LogP contribution in [0.15, 0.2) is 42.5 Å². The van der Waals surface area contributed by atoms with Crippen LogP contribution in [0.4, 0.5) is 15.8 Å². The lowest BCUT2D eigenvalue weighted by Gasteiger charge is -2.37. The zero-order chi connectivity index (χ0) is 21.8. The molecule has 1 amide bonds. The average Bonchev–Trinajstić information content (AvgIpc) is 3.27. The van der Waals surface area contributed by atoms with Gasteiger partial charge >= 0.3 is 5.97 Å². The van der Waals surface area contributed by atoms with E-state index >= 15 is 0 Å². The molecule has 0 spiro atoms. The Kier molecular flexibility index (Phi) is 6.51. The number of aromatic carboxylic acids is 1. The van der Waals surface area contributed by atoms with Crippen molar-refractivity contribution in [2.45, 2.75) is 25.7 Å². The normalized spacial score (nSPS) is 19.4. The molecule has 2 N–H and O–H groups in total. The Labute approximate surface area is 181 Å². The van der Waals surface area contributed by atoms with Gasteiger partial charge in [-0.3, -0.25) is 4.79 Å². The number of rotatable bonds is 6. The van der Waals surface area contributed by atoms with Crippen LogP contribution >= 0.6 is 0 Å². The number of halogens is 1. The first-order valence-corrected chi connectivity index (χ1v) is 10.9. The number of carboxylic acids is 1. The molecular weight excluding hydrogens is 397 g/mol. The molecule has 31 heavy (non-hydrogen) atoms. The van der Waals surface area contributed by atoms with E-state index < -0.39 is 17.7 Å². The molecule has 0 aromatic heterocycles. The van der Waals surface area contributed by atoms with Crippen molar-refractivity contribution < 1.29 is 19.1 Å². The highest BCUT2D eigenvalue weighted by molar-refractivity contribution is 6.06. The number of benzene rings is 2. The second-order valence-corrected chi connectivity index (χ2v) is 8.46. The van der Waals surface area contributed by atoms with Gasteiger partial charge in [-0.1, -0.05) is 0 Å². The van der Waals surface area contributed by atoms with E-state index in [1.165, 1.54) is 62.7 Å². The van der Waals surface area contributed by atoms with Crippen LogP contribution in [-0.4, -0.2) is 54.6 Å². The van der Waals surface area contributed by atoms with Crippen LogP contribution in [0, 0.1) is 11.7 Å². The fourth-order valence-electron chi connectivity index (χ4n) is 4.60. The number of hydrogen-bond donors (Lipinski definition) is 2. The minimum absolute atomic E-state index is 0.115. The van der Waals surface area contributed by atoms with E-state index in [2.05, 4.69) is 15.1 Å². The van der Waals surface area contributed by atoms with Gasteiger partial charge in [0.2, 0.25) is 0 Å². The van der Waals surface area contributed by atoms with Crippen molar-refractivity contribution in [1.29, 1.82) is 0 Å². The summed E-state index contributed by atoms with van der Waals surface area (Å²) in [5.74, 6) is -1.31. The molecule has 2 aliphatic rings. The molecule has 0 aliphatic carbocycles. The van der Waals surface area contributed by atoms with Gasteiger partial charge in [0.1, 0.15) is 5.82 Å². The molecule has 4 rings (SSSR count). The monoisotopic (exact) mass is 425 g/mol. The topological polar surface area (TPSA) is 72.9 Å². The van der Waals surface area contributed by atoms with Gasteiger partial charge in [-0.05, 0) is 87.2 Å². The SMILES string of the molecule is O=C(O)c1ccc(N2CCC[C@H](CN3CCCC3)C2)c(NC(=O)c2ccc(F)cc2)c1. The number of anilines is 2. The van der Waals surface area contributed by atoms with Crippen molar-refractivity contribution in [3.63, 3.8) is 0 Å². The average molecular weight is 426 g/mol. The molecule has 2 aromatic rings. The fraction of sp³-hybridized carbons (Fsp3) is 0.417. The summed E-state index contributed by atoms with van der Waals surface area (Å²) >= 11 is 0. The fourth-order valence-corrected chi connectivity index (χ4v) is 4.60. The van der Waals surface area contributed by atoms with E-state index in [1.54, 1.807) is 12.1 Å². The molecule has 6 nitrogen and oxygen atoms in total. The molecule has 2 fully saturated rings. The van der Waals surface area contributed by atoms with E-state index in [4.69, 9.17) is 0 Å². The van der Waals surface area contributed by atoms with Crippen LogP contribution in [0.1, 0.15) is 46.4 Å². The lowest BCUT2D eigenvalue weighted by Crippen LogP contribution is -2.40. The number of amides is 1. The minimum atomic E-state index is -1.05. The summed E-state index contributed by atoms with van der Waals surface area (Å²) in [5.41, 5.74) is 1.73. The summed E-state index contributed by atoms with van der Waals surface area (Å²) < 4.78 is 13.2. The Morgan fingerprint density at radius 1 is 1.00 bits per heavy atom. The van der Waals surface area contributed by atoms with Gasteiger partial charge in [0, 0.05) is 25.2 Å². The summed E-state index contributed by atoms with van der Waals surface area (Å²) in [6.45, 7) is 5.16. The van der Waals surface area contributed by atoms with Gasteiger partial charge in [0.25, 0.3) is 5.91 Å². The van der Waals surface area contributed by atoms with Crippen LogP contribution in [0.25, 0.3) is 0 Å². The van der Waals surface area contributed by atoms with Gasteiger partial charge < -0.3 is 20.2 Å². The first-order valence-electron chi connectivity index (χ1n) is 10.9. The molecule has 1 atom stereocenters. The largest absolute Gasteiger partial charge is 0.478 e. The number of carboxylic acid groups (broad SMARTS) is 1. The summed E-state index contributed by atoms with van der Waals surface area (Å²) in [6, 6.07) is 10.2. The van der Waals surface area contributed by atoms with Gasteiger partial charge in [0.05, 0.1) is 16.9 Å². The molecule has 2 saturated heterocycles. The molecule has 2 aliphatic heterocycles. The summed E-state index contributed by atoms with van der Waals surface area (Å²) in [5, 5.41) is 12.3. The number of hydrogen-bond acceptors (Lipinski definition) is 4. The molecule has 2 aromatic carbocycles. The predicted molar refractivity (Wildman–Crippen MR) is 118 cm³/mol. The molecule has 0 bridgehead atoms. The third-order valence-electron chi connectivity index (χ3n) is 6.17. The Bertz CT molecular complexity index is 942. The quantitative estimate of drug-likeness (QED) is 0.729. The van der Waals surface area contributed by atoms with Crippen molar-refractivity contribution in [1.82, 2.24) is 4.90 Å². The molecular formula is C24H28FN3O3. The number of nitrogens with one attached hydrogen (secondary N) is 1.